The molecule has 0 bridgehead atoms. The molecule has 3 aliphatic rings. The Bertz CT molecular complexity index is 1900. The van der Waals surface area contributed by atoms with Crippen molar-refractivity contribution in [1.29, 1.82) is 0 Å². The van der Waals surface area contributed by atoms with Crippen LogP contribution in [0, 0.1) is 31.3 Å². The first-order chi connectivity index (χ1) is 22.2. The fourth-order valence-corrected chi connectivity index (χ4v) is 9.05. The van der Waals surface area contributed by atoms with Gasteiger partial charge in [-0.1, -0.05) is 23.8 Å². The number of rotatable bonds is 3. The monoisotopic (exact) mass is 834 g/mol. The van der Waals surface area contributed by atoms with Crippen LogP contribution in [-0.4, -0.2) is 67.7 Å². The Balaban J connectivity index is 0.000000163. The number of halogens is 1. The molecule has 0 aliphatic carbocycles. The molecule has 4 N–H and O–H groups in total. The topological polar surface area (TPSA) is 220 Å². The first-order valence-corrected chi connectivity index (χ1v) is 19.2. The summed E-state index contributed by atoms with van der Waals surface area (Å²) in [4.78, 5) is 33.2. The van der Waals surface area contributed by atoms with Gasteiger partial charge in [-0.25, -0.2) is 27.1 Å². The molecule has 3 amide bonds. The normalized spacial score (nSPS) is 18.6. The summed E-state index contributed by atoms with van der Waals surface area (Å²) in [6.07, 6.45) is 0. The molecule has 3 aromatic carbocycles. The summed E-state index contributed by atoms with van der Waals surface area (Å²) >= 11 is 2.15. The lowest BCUT2D eigenvalue weighted by atomic mass is 10.1. The van der Waals surface area contributed by atoms with Crippen molar-refractivity contribution in [3.63, 3.8) is 0 Å². The molecule has 0 unspecified atom stereocenters. The van der Waals surface area contributed by atoms with Crippen molar-refractivity contribution in [3.8, 4) is 5.75 Å². The lowest BCUT2D eigenvalue weighted by Crippen LogP contribution is -2.30. The van der Waals surface area contributed by atoms with Crippen LogP contribution >= 0.6 is 22.6 Å². The van der Waals surface area contributed by atoms with Gasteiger partial charge in [-0.2, -0.15) is 25.3 Å². The number of anilines is 3. The van der Waals surface area contributed by atoms with E-state index in [-0.39, 0.29) is 31.1 Å². The second-order valence-corrected chi connectivity index (χ2v) is 16.9. The highest BCUT2D eigenvalue weighted by atomic mass is 127. The number of amides is 3. The number of carbonyl (C=O) groups excluding carboxylic acids is 3. The van der Waals surface area contributed by atoms with Gasteiger partial charge in [0.15, 0.2) is 0 Å². The second kappa shape index (κ2) is 13.8. The number of hydrogen-bond acceptors (Lipinski definition) is 10. The van der Waals surface area contributed by atoms with Crippen molar-refractivity contribution in [1.82, 2.24) is 14.2 Å². The van der Waals surface area contributed by atoms with Gasteiger partial charge in [0, 0.05) is 3.57 Å². The number of nitrogens with zero attached hydrogens (tertiary/aromatic N) is 3. The first-order valence-electron chi connectivity index (χ1n) is 13.8. The molecule has 3 aliphatic heterocycles. The fraction of sp³-hybridized carbons (Fsp3) is 0.250. The minimum atomic E-state index is -3.85. The Labute approximate surface area is 291 Å². The van der Waals surface area contributed by atoms with E-state index in [0.29, 0.717) is 11.4 Å². The summed E-state index contributed by atoms with van der Waals surface area (Å²) in [7, 11) is -11.2. The lowest BCUT2D eigenvalue weighted by molar-refractivity contribution is -0.118. The van der Waals surface area contributed by atoms with E-state index < -0.39 is 48.3 Å². The summed E-state index contributed by atoms with van der Waals surface area (Å²) in [5.74, 6) is -1.78. The van der Waals surface area contributed by atoms with E-state index in [1.54, 1.807) is 31.2 Å². The third-order valence-electron chi connectivity index (χ3n) is 6.91. The Hall–Kier alpha value is -4.15. The number of phenolic OH excluding ortho intramolecular Hbond substituents is 1. The molecule has 3 saturated heterocycles. The number of benzene rings is 3. The van der Waals surface area contributed by atoms with Crippen molar-refractivity contribution < 1.29 is 44.7 Å². The van der Waals surface area contributed by atoms with Crippen LogP contribution < -0.4 is 27.1 Å². The van der Waals surface area contributed by atoms with Crippen LogP contribution in [-0.2, 0) is 45.0 Å². The van der Waals surface area contributed by atoms with Gasteiger partial charge in [-0.05, 0) is 103 Å². The minimum Gasteiger partial charge on any atom is -0.506 e. The Morgan fingerprint density at radius 3 is 1.27 bits per heavy atom. The summed E-state index contributed by atoms with van der Waals surface area (Å²) in [6.45, 7) is 6.73. The van der Waals surface area contributed by atoms with Gasteiger partial charge in [0.25, 0.3) is 17.7 Å². The number of phenols is 1. The van der Waals surface area contributed by atoms with Gasteiger partial charge in [0.2, 0.25) is 0 Å². The van der Waals surface area contributed by atoms with Crippen molar-refractivity contribution >= 4 is 88.0 Å². The van der Waals surface area contributed by atoms with Crippen LogP contribution in [0.15, 0.2) is 54.6 Å². The van der Waals surface area contributed by atoms with E-state index in [0.717, 1.165) is 38.7 Å². The van der Waals surface area contributed by atoms with E-state index in [1.807, 2.05) is 53.1 Å². The zero-order valence-corrected chi connectivity index (χ0v) is 30.5. The zero-order chi connectivity index (χ0) is 35.8. The molecule has 0 radical (unpaired) electrons. The van der Waals surface area contributed by atoms with Crippen LogP contribution in [0.1, 0.15) is 22.3 Å². The van der Waals surface area contributed by atoms with Crippen molar-refractivity contribution in [3.05, 3.63) is 80.4 Å². The highest BCUT2D eigenvalue weighted by molar-refractivity contribution is 14.1. The van der Waals surface area contributed by atoms with Crippen LogP contribution in [0.25, 0.3) is 0 Å². The maximum Gasteiger partial charge on any atom is 0.326 e. The highest BCUT2D eigenvalue weighted by Gasteiger charge is 2.36. The molecule has 0 atom stereocenters. The number of hydrogen-bond donors (Lipinski definition) is 4. The molecule has 48 heavy (non-hydrogen) atoms. The Kier molecular flexibility index (Phi) is 10.5. The summed E-state index contributed by atoms with van der Waals surface area (Å²) in [5.41, 5.74) is 4.70. The number of aromatic hydroxyl groups is 1. The molecule has 3 aromatic rings. The molecule has 258 valence electrons. The molecular weight excluding hydrogens is 803 g/mol. The van der Waals surface area contributed by atoms with Gasteiger partial charge in [-0.3, -0.25) is 14.4 Å². The molecule has 20 heteroatoms. The van der Waals surface area contributed by atoms with E-state index in [1.165, 1.54) is 12.1 Å². The molecule has 6 rings (SSSR count). The van der Waals surface area contributed by atoms with Gasteiger partial charge in [-0.15, -0.1) is 0 Å². The quantitative estimate of drug-likeness (QED) is 0.276. The molecule has 16 nitrogen and oxygen atoms in total. The van der Waals surface area contributed by atoms with Gasteiger partial charge < -0.3 is 5.11 Å². The van der Waals surface area contributed by atoms with Gasteiger partial charge in [0.05, 0.1) is 17.1 Å². The zero-order valence-electron chi connectivity index (χ0n) is 25.9. The highest BCUT2D eigenvalue weighted by Crippen LogP contribution is 2.31. The van der Waals surface area contributed by atoms with E-state index >= 15 is 0 Å². The predicted octanol–water partition coefficient (Wildman–Crippen LogP) is 1.15. The average Bonchev–Trinajstić information content (AvgIpc) is 3.49. The summed E-state index contributed by atoms with van der Waals surface area (Å²) in [6, 6.07) is 15.4. The second-order valence-electron chi connectivity index (χ2n) is 10.8. The van der Waals surface area contributed by atoms with Crippen molar-refractivity contribution in [2.24, 2.45) is 0 Å². The average molecular weight is 835 g/mol. The van der Waals surface area contributed by atoms with Gasteiger partial charge >= 0.3 is 30.6 Å². The molecule has 3 fully saturated rings. The van der Waals surface area contributed by atoms with Crippen LogP contribution in [0.5, 0.6) is 5.75 Å². The van der Waals surface area contributed by atoms with Crippen LogP contribution in [0.3, 0.4) is 0 Å². The minimum absolute atomic E-state index is 0.101. The van der Waals surface area contributed by atoms with Crippen LogP contribution in [0.4, 0.5) is 17.1 Å². The van der Waals surface area contributed by atoms with E-state index in [2.05, 4.69) is 22.6 Å². The van der Waals surface area contributed by atoms with E-state index in [4.69, 9.17) is 0 Å². The molecule has 3 heterocycles. The first kappa shape index (κ1) is 36.7. The molecular formula is C28H31IN6O10S3. The van der Waals surface area contributed by atoms with E-state index in [9.17, 15) is 44.7 Å². The van der Waals surface area contributed by atoms with Crippen molar-refractivity contribution in [2.45, 2.75) is 27.7 Å². The maximum absolute atomic E-state index is 11.6. The lowest BCUT2D eigenvalue weighted by Gasteiger charge is -2.17. The molecule has 0 saturated carbocycles. The molecule has 0 aromatic heterocycles. The maximum atomic E-state index is 11.6. The number of aryl methyl sites for hydroxylation is 4. The summed E-state index contributed by atoms with van der Waals surface area (Å²) < 4.78 is 79.1. The predicted molar refractivity (Wildman–Crippen MR) is 186 cm³/mol. The SMILES string of the molecule is Cc1cc(I)ccc1N1CC(=O)NS1(=O)=O.Cc1ccc(N2CC(=O)NS2(=O)=O)c(C)c1.Cc1ccc(N2CC(=O)NS2(=O)=O)c(O)c1. The number of carbonyl (C=O) groups is 3. The van der Waals surface area contributed by atoms with Crippen LogP contribution in [0.2, 0.25) is 0 Å². The number of nitrogens with one attached hydrogen (secondary N) is 3. The van der Waals surface area contributed by atoms with Gasteiger partial charge in [0.1, 0.15) is 25.4 Å². The van der Waals surface area contributed by atoms with Crippen molar-refractivity contribution in [2.75, 3.05) is 32.5 Å². The Morgan fingerprint density at radius 2 is 0.917 bits per heavy atom. The fourth-order valence-electron chi connectivity index (χ4n) is 4.81. The largest absolute Gasteiger partial charge is 0.506 e. The Morgan fingerprint density at radius 1 is 0.562 bits per heavy atom. The standard InChI is InChI=1S/C10H12N2O3S.C9H9IN2O3S.C9H10N2O4S/c1-7-3-4-9(8(2)5-7)12-6-10(13)11-16(12,14)15;1-6-4-7(10)2-3-8(6)12-5-9(13)11-16(12,14)15;1-6-2-3-7(8(12)4-6)11-5-9(13)10-16(11,14)15/h3-5H,6H2,1-2H3,(H,11,13);2-4H,5H2,1H3,(H,11,13);2-4,12H,5H2,1H3,(H,10,13). The summed E-state index contributed by atoms with van der Waals surface area (Å²) in [5, 5.41) is 9.63. The third kappa shape index (κ3) is 8.28. The smallest absolute Gasteiger partial charge is 0.326 e. The molecule has 0 spiro atoms. The third-order valence-corrected chi connectivity index (χ3v) is 11.8.